The van der Waals surface area contributed by atoms with Crippen molar-refractivity contribution >= 4 is 155 Å². The highest BCUT2D eigenvalue weighted by atomic mass is 79.9. The van der Waals surface area contributed by atoms with Gasteiger partial charge in [-0.2, -0.15) is 0 Å². The van der Waals surface area contributed by atoms with E-state index in [0.29, 0.717) is 15.6 Å². The maximum absolute atomic E-state index is 15.5. The second-order valence-corrected chi connectivity index (χ2v) is 38.8. The van der Waals surface area contributed by atoms with Gasteiger partial charge in [0, 0.05) is 131 Å². The van der Waals surface area contributed by atoms with Crippen molar-refractivity contribution in [3.05, 3.63) is 321 Å². The second-order valence-electron chi connectivity index (χ2n) is 35.5. The summed E-state index contributed by atoms with van der Waals surface area (Å²) in [7, 11) is -2.65. The Hall–Kier alpha value is -12.6. The first-order valence-corrected chi connectivity index (χ1v) is 48.1. The number of nitrogens with zero attached hydrogens (tertiary/aromatic N) is 5. The van der Waals surface area contributed by atoms with Crippen LogP contribution in [-0.4, -0.2) is 195 Å². The summed E-state index contributed by atoms with van der Waals surface area (Å²) in [6, 6.07) is 39.6. The summed E-state index contributed by atoms with van der Waals surface area (Å²) in [5.41, 5.74) is 11.2. The SMILES string of the molecule is CC(C)(C)OC(=O)N1C[C@H](F)C[C@H]1C(=O)Cc1cccc(-c2ccc(F)cc2Cl)c1F.CC(C)(C)OC(=O)N1C[C@H](F)C[C@H]1C(=O)Cc1cccc(Br)c1F.N=C(C(N)=O)c1cc(C#Cc2ncccn2)ccc1NCC(=O)N1C[C@H](F)C[C@H]1C(=O)Cc1cccc(-c2ccc(F)cc2Cl)c1F.Nc1cccc(Br)c1F.O=C(Cc1cccc(-c2ccc(F)cc2Cl)c1F)[C@@H]1C[C@@H](F)CN1.OB(O)c1ccc(F)cc1Cl.[2H]CF. The number of carbonyl (C=O) groups excluding carboxylic acids is 8. The molecule has 782 valence electrons. The molecular weight excluding hydrogens is 2170 g/mol. The number of nitrogens with two attached hydrogens (primary N) is 2. The quantitative estimate of drug-likeness (QED) is 0.0116. The first kappa shape index (κ1) is 117. The number of amides is 4. The number of halogens is 20. The summed E-state index contributed by atoms with van der Waals surface area (Å²) in [5, 5.41) is 31.2. The van der Waals surface area contributed by atoms with E-state index < -0.39 is 187 Å². The van der Waals surface area contributed by atoms with Crippen LogP contribution >= 0.6 is 78.3 Å². The third-order valence-corrected chi connectivity index (χ3v) is 24.9. The first-order chi connectivity index (χ1) is 70.2. The number of ether oxygens (including phenoxy) is 2. The minimum atomic E-state index is -1.65. The normalized spacial score (nSPS) is 17.0. The van der Waals surface area contributed by atoms with Gasteiger partial charge in [0.15, 0.2) is 29.0 Å². The smallest absolute Gasteiger partial charge is 0.444 e. The van der Waals surface area contributed by atoms with Gasteiger partial charge in [-0.25, -0.2) is 76.6 Å². The molecule has 1 aromatic heterocycles. The Balaban J connectivity index is 0.000000211. The van der Waals surface area contributed by atoms with Crippen LogP contribution in [0, 0.1) is 69.6 Å². The van der Waals surface area contributed by atoms with Crippen LogP contribution < -0.4 is 27.6 Å². The number of carbonyl (C=O) groups is 8. The average molecular weight is 2270 g/mol. The topological polar surface area (TPSA) is 331 Å². The number of aromatic nitrogens is 2. The molecule has 4 saturated heterocycles. The molecule has 148 heavy (non-hydrogen) atoms. The number of Topliss-reactive ketones (excluding diaryl/α,β-unsaturated/α-hetero) is 4. The number of primary amides is 1. The molecule has 9 N–H and O–H groups in total. The molecule has 0 radical (unpaired) electrons. The van der Waals surface area contributed by atoms with Crippen LogP contribution in [0.25, 0.3) is 33.4 Å². The number of rotatable bonds is 21. The lowest BCUT2D eigenvalue weighted by atomic mass is 9.80. The Morgan fingerprint density at radius 1 is 0.493 bits per heavy atom. The fourth-order valence-corrected chi connectivity index (χ4v) is 17.3. The molecule has 22 nitrogen and oxygen atoms in total. The summed E-state index contributed by atoms with van der Waals surface area (Å²) in [6.45, 7) is 9.06. The lowest BCUT2D eigenvalue weighted by Crippen LogP contribution is -2.44. The Morgan fingerprint density at radius 3 is 1.25 bits per heavy atom. The van der Waals surface area contributed by atoms with Gasteiger partial charge in [0.1, 0.15) is 88.1 Å². The maximum Gasteiger partial charge on any atom is 0.489 e. The lowest BCUT2D eigenvalue weighted by Gasteiger charge is -2.27. The van der Waals surface area contributed by atoms with Gasteiger partial charge in [-0.1, -0.05) is 131 Å². The summed E-state index contributed by atoms with van der Waals surface area (Å²) < 4.78 is 207. The van der Waals surface area contributed by atoms with Crippen molar-refractivity contribution in [3.8, 4) is 45.2 Å². The van der Waals surface area contributed by atoms with Gasteiger partial charge < -0.3 is 46.5 Å². The molecule has 43 heteroatoms. The Kier molecular flexibility index (Phi) is 43.2. The van der Waals surface area contributed by atoms with E-state index in [1.54, 1.807) is 84.0 Å². The van der Waals surface area contributed by atoms with Crippen molar-refractivity contribution in [1.29, 1.82) is 5.41 Å². The van der Waals surface area contributed by atoms with Crippen molar-refractivity contribution in [2.24, 2.45) is 5.73 Å². The van der Waals surface area contributed by atoms with E-state index >= 15 is 8.78 Å². The van der Waals surface area contributed by atoms with E-state index in [1.807, 2.05) is 0 Å². The molecule has 4 fully saturated rings. The van der Waals surface area contributed by atoms with Crippen molar-refractivity contribution in [2.75, 3.05) is 50.9 Å². The fourth-order valence-electron chi connectivity index (χ4n) is 15.4. The van der Waals surface area contributed by atoms with E-state index in [9.17, 15) is 91.0 Å². The van der Waals surface area contributed by atoms with Crippen LogP contribution in [0.2, 0.25) is 20.1 Å². The molecule has 4 aliphatic rings. The van der Waals surface area contributed by atoms with Crippen molar-refractivity contribution < 1.29 is 121 Å². The average Bonchev–Trinajstić information content (AvgIpc) is 1.79. The van der Waals surface area contributed by atoms with Crippen molar-refractivity contribution in [1.82, 2.24) is 30.0 Å². The van der Waals surface area contributed by atoms with Gasteiger partial charge in [-0.05, 0) is 211 Å². The molecule has 0 bridgehead atoms. The number of hydrogen-bond acceptors (Lipinski definition) is 18. The molecule has 5 heterocycles. The van der Waals surface area contributed by atoms with E-state index in [1.165, 1.54) is 116 Å². The number of anilines is 2. The second kappa shape index (κ2) is 54.5. The zero-order chi connectivity index (χ0) is 110. The van der Waals surface area contributed by atoms with Gasteiger partial charge in [-0.15, -0.1) is 0 Å². The molecule has 15 rings (SSSR count). The summed E-state index contributed by atoms with van der Waals surface area (Å²) in [5.74, 6) is -2.54. The highest BCUT2D eigenvalue weighted by Crippen LogP contribution is 2.39. The van der Waals surface area contributed by atoms with E-state index in [2.05, 4.69) is 64.3 Å². The number of hydrogen-bond donors (Lipinski definition) is 7. The Morgan fingerprint density at radius 2 is 0.872 bits per heavy atom. The van der Waals surface area contributed by atoms with Crippen LogP contribution in [0.15, 0.2) is 209 Å². The Labute approximate surface area is 881 Å². The molecule has 4 amide bonds. The molecule has 4 aliphatic heterocycles. The van der Waals surface area contributed by atoms with Gasteiger partial charge in [-0.3, -0.25) is 48.4 Å². The maximum atomic E-state index is 15.5. The van der Waals surface area contributed by atoms with E-state index in [4.69, 9.17) is 84.2 Å². The molecule has 8 atom stereocenters. The number of nitrogens with one attached hydrogen (secondary N) is 3. The molecule has 0 spiro atoms. The summed E-state index contributed by atoms with van der Waals surface area (Å²) >= 11 is 29.7. The number of likely N-dealkylation sites (tertiary alicyclic amines) is 3. The number of alkyl halides is 5. The van der Waals surface area contributed by atoms with Gasteiger partial charge >= 0.3 is 19.3 Å². The highest BCUT2D eigenvalue weighted by molar-refractivity contribution is 9.10. The molecule has 11 aromatic rings. The van der Waals surface area contributed by atoms with Gasteiger partial charge in [0.05, 0.1) is 88.6 Å². The third kappa shape index (κ3) is 33.7. The minimum absolute atomic E-state index is 0.00816. The number of nitrogen functional groups attached to an aromatic ring is 1. The molecule has 0 aliphatic carbocycles. The van der Waals surface area contributed by atoms with Crippen LogP contribution in [0.1, 0.15) is 108 Å². The largest absolute Gasteiger partial charge is 0.489 e. The van der Waals surface area contributed by atoms with E-state index in [0.717, 1.165) is 57.2 Å². The van der Waals surface area contributed by atoms with Crippen LogP contribution in [-0.2, 0) is 63.9 Å². The third-order valence-electron chi connectivity index (χ3n) is 22.4. The standard InChI is InChI=1S/C34H26ClF3N6O3.C23H23ClF3NO3.C18H15ClF3NO.C17H20BrF2NO3.C6H5BClFO2.C6H5BrFN.CH3F/c35-26-15-21(36)7-8-23(26)24-4-1-3-20(32(24)38)14-29(45)28-16-22(37)18-44(28)31(46)17-43-27-9-5-19(13-25(27)33(39)34(40)47)6-10-30-41-11-2-12-42-30;1-23(2,3)31-22(30)28-12-15(26)11-19(28)20(29)9-13-5-4-6-17(21(13)27)16-8-7-14(25)10-18(16)24;19-15-7-11(20)4-5-13(15)14-3-1-2-10(18(14)22)6-17(24)16-8-12(21)9-23-16;1-17(2,3)24-16(23)21-9-11(19)8-13(21)14(22)7-10-5-4-6-12(18)15(10)20;8-6-3-4(9)1-2-5(6)7(10)11;7-4-2-1-3-5(9)6(4)8;1-2/h1-5,7-9,11-13,15,22,28,39,43H,14,16-18H2,(H2,40,47);4-8,10,15,19H,9,11-12H2,1-3H3;1-5,7,12,16,23H,6,8-9H2;4-6,11,13H,7-9H2,1-3H3;1-3,10-11H;1-3H,9H2;1H3/t22-,28+;15-,19+;12-,16+;11-,13+;;;/m1111.../s1/i;;;;;;1D. The molecule has 0 unspecified atom stereocenters. The van der Waals surface area contributed by atoms with Crippen molar-refractivity contribution in [2.45, 2.75) is 153 Å². The predicted molar refractivity (Wildman–Crippen MR) is 544 cm³/mol. The van der Waals surface area contributed by atoms with Crippen molar-refractivity contribution in [3.63, 3.8) is 0 Å². The van der Waals surface area contributed by atoms with Crippen LogP contribution in [0.4, 0.5) is 82.4 Å². The van der Waals surface area contributed by atoms with Crippen LogP contribution in [0.5, 0.6) is 0 Å². The minimum Gasteiger partial charge on any atom is -0.444 e. The first-order valence-electron chi connectivity index (χ1n) is 45.7. The van der Waals surface area contributed by atoms with Gasteiger partial charge in [0.25, 0.3) is 5.91 Å². The van der Waals surface area contributed by atoms with E-state index in [-0.39, 0.29) is 180 Å². The Bertz CT molecular complexity index is 6750. The zero-order valence-electron chi connectivity index (χ0n) is 80.6. The molecular formula is C105H97BBr2Cl4F14N10O12. The lowest BCUT2D eigenvalue weighted by molar-refractivity contribution is -0.136. The zero-order valence-corrected chi connectivity index (χ0v) is 85.8. The predicted octanol–water partition coefficient (Wildman–Crippen LogP) is 21.3. The molecule has 0 saturated carbocycles. The van der Waals surface area contributed by atoms with Gasteiger partial charge in [0.2, 0.25) is 11.7 Å². The van der Waals surface area contributed by atoms with Crippen LogP contribution in [0.3, 0.4) is 0 Å². The number of benzene rings is 10. The highest BCUT2D eigenvalue weighted by Gasteiger charge is 2.45. The monoisotopic (exact) mass is 2270 g/mol. The molecule has 10 aromatic carbocycles. The summed E-state index contributed by atoms with van der Waals surface area (Å²) in [4.78, 5) is 112. The fraction of sp³-hybridized carbons (Fsp3) is 0.286. The summed E-state index contributed by atoms with van der Waals surface area (Å²) in [6.07, 6.45) is -5.14. The number of ketones is 4.